The Kier molecular flexibility index (Phi) is 2.29. The Morgan fingerprint density at radius 3 is 2.69 bits per heavy atom. The summed E-state index contributed by atoms with van der Waals surface area (Å²) < 4.78 is 0. The summed E-state index contributed by atoms with van der Waals surface area (Å²) in [5, 5.41) is 3.58. The Bertz CT molecular complexity index is 311. The zero-order valence-corrected chi connectivity index (χ0v) is 10.3. The number of carbonyl (C=O) groups is 1. The molecule has 1 heterocycles. The van der Waals surface area contributed by atoms with Gasteiger partial charge in [-0.25, -0.2) is 0 Å². The molecule has 3 atom stereocenters. The van der Waals surface area contributed by atoms with Gasteiger partial charge in [0.25, 0.3) is 0 Å². The molecule has 0 aromatic rings. The van der Waals surface area contributed by atoms with Gasteiger partial charge in [-0.2, -0.15) is 0 Å². The number of nitrogens with zero attached hydrogens (tertiary/aromatic N) is 1. The second kappa shape index (κ2) is 3.46. The van der Waals surface area contributed by atoms with Gasteiger partial charge < -0.3 is 4.90 Å². The zero-order valence-electron chi connectivity index (χ0n) is 10.3. The van der Waals surface area contributed by atoms with Crippen LogP contribution in [-0.4, -0.2) is 28.6 Å². The Hall–Kier alpha value is -0.570. The van der Waals surface area contributed by atoms with Gasteiger partial charge >= 0.3 is 0 Å². The first-order valence-electron chi connectivity index (χ1n) is 6.82. The highest BCUT2D eigenvalue weighted by Crippen LogP contribution is 2.48. The van der Waals surface area contributed by atoms with Crippen molar-refractivity contribution in [2.75, 3.05) is 0 Å². The van der Waals surface area contributed by atoms with Crippen molar-refractivity contribution in [3.8, 4) is 0 Å². The molecule has 0 aromatic heterocycles. The number of hydrogen-bond acceptors (Lipinski definition) is 2. The minimum absolute atomic E-state index is 0.110. The van der Waals surface area contributed by atoms with Gasteiger partial charge in [-0.05, 0) is 31.6 Å². The number of amides is 1. The predicted octanol–water partition coefficient (Wildman–Crippen LogP) is 1.88. The van der Waals surface area contributed by atoms with Crippen LogP contribution in [0.4, 0.5) is 0 Å². The van der Waals surface area contributed by atoms with E-state index in [1.165, 1.54) is 12.8 Å². The van der Waals surface area contributed by atoms with Crippen molar-refractivity contribution in [3.63, 3.8) is 0 Å². The monoisotopic (exact) mass is 222 g/mol. The summed E-state index contributed by atoms with van der Waals surface area (Å²) in [4.78, 5) is 14.6. The van der Waals surface area contributed by atoms with Gasteiger partial charge in [0.2, 0.25) is 5.91 Å². The summed E-state index contributed by atoms with van der Waals surface area (Å²) >= 11 is 0. The molecular formula is C13H22N2O. The molecule has 3 fully saturated rings. The lowest BCUT2D eigenvalue weighted by Gasteiger charge is -2.24. The van der Waals surface area contributed by atoms with Crippen molar-refractivity contribution < 1.29 is 4.79 Å². The van der Waals surface area contributed by atoms with Crippen molar-refractivity contribution >= 4 is 5.91 Å². The molecule has 2 aliphatic carbocycles. The normalized spacial score (nSPS) is 39.5. The summed E-state index contributed by atoms with van der Waals surface area (Å²) in [7, 11) is 0. The van der Waals surface area contributed by atoms with Crippen molar-refractivity contribution in [2.45, 2.75) is 70.1 Å². The lowest BCUT2D eigenvalue weighted by Crippen LogP contribution is -2.39. The molecular weight excluding hydrogens is 200 g/mol. The van der Waals surface area contributed by atoms with Crippen LogP contribution in [0, 0.1) is 5.92 Å². The second-order valence-corrected chi connectivity index (χ2v) is 5.71. The van der Waals surface area contributed by atoms with Crippen LogP contribution in [0.25, 0.3) is 0 Å². The summed E-state index contributed by atoms with van der Waals surface area (Å²) in [6.45, 7) is 4.44. The molecule has 0 aromatic carbocycles. The topological polar surface area (TPSA) is 32.3 Å². The highest BCUT2D eigenvalue weighted by Gasteiger charge is 2.62. The first kappa shape index (κ1) is 10.6. The van der Waals surface area contributed by atoms with E-state index in [4.69, 9.17) is 0 Å². The Morgan fingerprint density at radius 1 is 1.44 bits per heavy atom. The van der Waals surface area contributed by atoms with E-state index in [9.17, 15) is 4.79 Å². The molecule has 1 spiro atoms. The molecule has 3 nitrogen and oxygen atoms in total. The molecule has 3 heteroatoms. The molecule has 0 bridgehead atoms. The molecule has 1 aliphatic heterocycles. The number of hydrogen-bond donors (Lipinski definition) is 1. The van der Waals surface area contributed by atoms with Gasteiger partial charge in [-0.3, -0.25) is 10.1 Å². The van der Waals surface area contributed by atoms with Crippen molar-refractivity contribution in [3.05, 3.63) is 0 Å². The average Bonchev–Trinajstić information content (AvgIpc) is 3.13. The Morgan fingerprint density at radius 2 is 2.19 bits per heavy atom. The van der Waals surface area contributed by atoms with Crippen LogP contribution in [0.3, 0.4) is 0 Å². The molecule has 3 aliphatic rings. The van der Waals surface area contributed by atoms with Crippen LogP contribution in [0.1, 0.15) is 52.4 Å². The summed E-state index contributed by atoms with van der Waals surface area (Å²) in [6.07, 6.45) is 7.18. The summed E-state index contributed by atoms with van der Waals surface area (Å²) in [6, 6.07) is 0.557. The van der Waals surface area contributed by atoms with Crippen LogP contribution >= 0.6 is 0 Å². The van der Waals surface area contributed by atoms with E-state index >= 15 is 0 Å². The SMILES string of the molecule is CCCC1NC2(CC2)C(=O)N1C1CC1CC. The third-order valence-corrected chi connectivity index (χ3v) is 4.50. The maximum absolute atomic E-state index is 12.4. The zero-order chi connectivity index (χ0) is 11.3. The Labute approximate surface area is 97.6 Å². The molecule has 1 N–H and O–H groups in total. The average molecular weight is 222 g/mol. The third kappa shape index (κ3) is 1.41. The van der Waals surface area contributed by atoms with Gasteiger partial charge in [0.05, 0.1) is 11.7 Å². The van der Waals surface area contributed by atoms with E-state index in [1.807, 2.05) is 0 Å². The van der Waals surface area contributed by atoms with Gasteiger partial charge in [0.15, 0.2) is 0 Å². The molecule has 3 unspecified atom stereocenters. The van der Waals surface area contributed by atoms with E-state index in [0.29, 0.717) is 18.1 Å². The van der Waals surface area contributed by atoms with E-state index in [0.717, 1.165) is 31.6 Å². The van der Waals surface area contributed by atoms with Crippen molar-refractivity contribution in [2.24, 2.45) is 5.92 Å². The minimum Gasteiger partial charge on any atom is -0.322 e. The van der Waals surface area contributed by atoms with E-state index in [2.05, 4.69) is 24.1 Å². The summed E-state index contributed by atoms with van der Waals surface area (Å²) in [5.41, 5.74) is -0.110. The fraction of sp³-hybridized carbons (Fsp3) is 0.923. The quantitative estimate of drug-likeness (QED) is 0.787. The largest absolute Gasteiger partial charge is 0.322 e. The molecule has 1 amide bonds. The third-order valence-electron chi connectivity index (χ3n) is 4.50. The highest BCUT2D eigenvalue weighted by atomic mass is 16.2. The van der Waals surface area contributed by atoms with Crippen LogP contribution in [-0.2, 0) is 4.79 Å². The predicted molar refractivity (Wildman–Crippen MR) is 62.8 cm³/mol. The van der Waals surface area contributed by atoms with Crippen LogP contribution in [0.2, 0.25) is 0 Å². The van der Waals surface area contributed by atoms with Crippen LogP contribution < -0.4 is 5.32 Å². The number of carbonyl (C=O) groups excluding carboxylic acids is 1. The first-order chi connectivity index (χ1) is 7.72. The fourth-order valence-corrected chi connectivity index (χ4v) is 3.20. The molecule has 1 saturated heterocycles. The number of rotatable bonds is 4. The smallest absolute Gasteiger partial charge is 0.244 e. The fourth-order valence-electron chi connectivity index (χ4n) is 3.20. The highest BCUT2D eigenvalue weighted by molar-refractivity contribution is 5.92. The maximum Gasteiger partial charge on any atom is 0.244 e. The molecule has 90 valence electrons. The standard InChI is InChI=1S/C13H22N2O/c1-3-5-11-14-13(6-7-13)12(16)15(11)10-8-9(10)4-2/h9-11,14H,3-8H2,1-2H3. The maximum atomic E-state index is 12.4. The van der Waals surface area contributed by atoms with E-state index in [1.54, 1.807) is 0 Å². The molecule has 0 radical (unpaired) electrons. The van der Waals surface area contributed by atoms with Crippen LogP contribution in [0.5, 0.6) is 0 Å². The molecule has 3 rings (SSSR count). The van der Waals surface area contributed by atoms with Crippen molar-refractivity contribution in [1.29, 1.82) is 0 Å². The van der Waals surface area contributed by atoms with Gasteiger partial charge in [-0.15, -0.1) is 0 Å². The lowest BCUT2D eigenvalue weighted by molar-refractivity contribution is -0.131. The van der Waals surface area contributed by atoms with Gasteiger partial charge in [0.1, 0.15) is 0 Å². The van der Waals surface area contributed by atoms with Crippen molar-refractivity contribution in [1.82, 2.24) is 10.2 Å². The number of nitrogens with one attached hydrogen (secondary N) is 1. The van der Waals surface area contributed by atoms with Gasteiger partial charge in [-0.1, -0.05) is 26.7 Å². The van der Waals surface area contributed by atoms with Crippen LogP contribution in [0.15, 0.2) is 0 Å². The molecule has 16 heavy (non-hydrogen) atoms. The Balaban J connectivity index is 1.75. The second-order valence-electron chi connectivity index (χ2n) is 5.71. The molecule has 2 saturated carbocycles. The first-order valence-corrected chi connectivity index (χ1v) is 6.82. The summed E-state index contributed by atoms with van der Waals surface area (Å²) in [5.74, 6) is 1.19. The van der Waals surface area contributed by atoms with E-state index in [-0.39, 0.29) is 5.54 Å². The lowest BCUT2D eigenvalue weighted by atomic mass is 10.2. The minimum atomic E-state index is -0.110. The van der Waals surface area contributed by atoms with Gasteiger partial charge in [0, 0.05) is 6.04 Å². The van der Waals surface area contributed by atoms with E-state index < -0.39 is 0 Å².